The molecule has 0 atom stereocenters. The van der Waals surface area contributed by atoms with E-state index in [0.717, 1.165) is 23.5 Å². The molecular weight excluding hydrogens is 452 g/mol. The highest BCUT2D eigenvalue weighted by atomic mass is 32.2. The first-order valence-electron chi connectivity index (χ1n) is 9.71. The summed E-state index contributed by atoms with van der Waals surface area (Å²) in [7, 11) is 0. The van der Waals surface area contributed by atoms with Gasteiger partial charge in [-0.15, -0.1) is 0 Å². The molecule has 2 aromatic rings. The van der Waals surface area contributed by atoms with E-state index >= 15 is 0 Å². The van der Waals surface area contributed by atoms with Gasteiger partial charge in [0.15, 0.2) is 0 Å². The number of hydrogen-bond donors (Lipinski definition) is 4. The van der Waals surface area contributed by atoms with Gasteiger partial charge in [-0.1, -0.05) is 35.7 Å². The Labute approximate surface area is 191 Å². The van der Waals surface area contributed by atoms with Crippen molar-refractivity contribution in [1.29, 1.82) is 0 Å². The molecular formula is C22H18N2O6S2. The number of aliphatic hydroxyl groups is 2. The molecule has 0 saturated heterocycles. The van der Waals surface area contributed by atoms with Crippen LogP contribution in [0.5, 0.6) is 0 Å². The van der Waals surface area contributed by atoms with Crippen LogP contribution in [0.15, 0.2) is 56.0 Å². The Kier molecular flexibility index (Phi) is 6.47. The molecule has 0 radical (unpaired) electrons. The largest absolute Gasteiger partial charge is 0.395 e. The van der Waals surface area contributed by atoms with Crippen molar-refractivity contribution in [3.63, 3.8) is 0 Å². The molecule has 0 unspecified atom stereocenters. The zero-order valence-electron chi connectivity index (χ0n) is 16.6. The zero-order chi connectivity index (χ0) is 22.8. The predicted octanol–water partition coefficient (Wildman–Crippen LogP) is 1.62. The molecule has 2 aliphatic rings. The van der Waals surface area contributed by atoms with Gasteiger partial charge in [0.1, 0.15) is 0 Å². The topological polar surface area (TPSA) is 133 Å². The molecule has 4 N–H and O–H groups in total. The van der Waals surface area contributed by atoms with Crippen LogP contribution in [0.4, 0.5) is 0 Å². The maximum absolute atomic E-state index is 13.1. The second kappa shape index (κ2) is 9.29. The molecule has 8 nitrogen and oxygen atoms in total. The van der Waals surface area contributed by atoms with Crippen LogP contribution in [0, 0.1) is 0 Å². The van der Waals surface area contributed by atoms with Gasteiger partial charge in [-0.3, -0.25) is 19.2 Å². The van der Waals surface area contributed by atoms with Gasteiger partial charge in [-0.2, -0.15) is 0 Å². The number of aliphatic hydroxyl groups excluding tert-OH is 2. The van der Waals surface area contributed by atoms with E-state index in [-0.39, 0.29) is 47.7 Å². The van der Waals surface area contributed by atoms with E-state index in [1.54, 1.807) is 36.4 Å². The maximum atomic E-state index is 13.1. The third-order valence-corrected chi connectivity index (χ3v) is 7.43. The van der Waals surface area contributed by atoms with Gasteiger partial charge in [0.2, 0.25) is 11.6 Å². The summed E-state index contributed by atoms with van der Waals surface area (Å²) in [5.41, 5.74) is 1.25. The fourth-order valence-corrected chi connectivity index (χ4v) is 5.90. The summed E-state index contributed by atoms with van der Waals surface area (Å²) in [6.45, 7) is -0.251. The standard InChI is InChI=1S/C22H18N2O6S2/c25-9-7-23-21(29)13-5-1-3-11-15(27)19(31-17(11)13)20-16(28)12-4-2-6-14(18(12)32-20)22(30)24-8-10-26/h1-6,25-26H,7-10H2,(H,23,29)(H,24,30)/b20-19-. The molecule has 2 amide bonds. The molecule has 2 heterocycles. The quantitative estimate of drug-likeness (QED) is 0.468. The second-order valence-electron chi connectivity index (χ2n) is 6.84. The second-order valence-corrected chi connectivity index (χ2v) is 8.89. The Balaban J connectivity index is 1.70. The number of thioether (sulfide) groups is 2. The number of rotatable bonds is 6. The first-order chi connectivity index (χ1) is 15.5. The van der Waals surface area contributed by atoms with Crippen LogP contribution < -0.4 is 10.6 Å². The molecule has 10 heteroatoms. The SMILES string of the molecule is O=C(NCCO)c1cccc2c1S/C(=C1\Sc3c(C(=O)NCCO)cccc3C1=O)C2=O. The van der Waals surface area contributed by atoms with Crippen LogP contribution in [0.1, 0.15) is 41.4 Å². The Morgan fingerprint density at radius 2 is 1.12 bits per heavy atom. The van der Waals surface area contributed by atoms with Crippen LogP contribution in [0.2, 0.25) is 0 Å². The van der Waals surface area contributed by atoms with Gasteiger partial charge >= 0.3 is 0 Å². The average Bonchev–Trinajstić information content (AvgIpc) is 3.32. The van der Waals surface area contributed by atoms with E-state index in [1.165, 1.54) is 0 Å². The predicted molar refractivity (Wildman–Crippen MR) is 119 cm³/mol. The van der Waals surface area contributed by atoms with Crippen LogP contribution in [-0.4, -0.2) is 59.9 Å². The molecule has 0 spiro atoms. The Morgan fingerprint density at radius 3 is 1.50 bits per heavy atom. The van der Waals surface area contributed by atoms with E-state index in [4.69, 9.17) is 10.2 Å². The van der Waals surface area contributed by atoms with E-state index in [0.29, 0.717) is 32.0 Å². The van der Waals surface area contributed by atoms with Crippen molar-refractivity contribution in [3.05, 3.63) is 68.5 Å². The highest BCUT2D eigenvalue weighted by Gasteiger charge is 2.39. The van der Waals surface area contributed by atoms with Crippen molar-refractivity contribution in [2.24, 2.45) is 0 Å². The lowest BCUT2D eigenvalue weighted by molar-refractivity contribution is 0.0933. The molecule has 0 aliphatic carbocycles. The first kappa shape index (κ1) is 22.3. The van der Waals surface area contributed by atoms with E-state index in [1.807, 2.05) is 0 Å². The van der Waals surface area contributed by atoms with Crippen LogP contribution >= 0.6 is 23.5 Å². The fourth-order valence-electron chi connectivity index (χ4n) is 3.38. The van der Waals surface area contributed by atoms with Crippen LogP contribution in [-0.2, 0) is 0 Å². The third kappa shape index (κ3) is 3.86. The molecule has 0 bridgehead atoms. The lowest BCUT2D eigenvalue weighted by Gasteiger charge is -2.07. The van der Waals surface area contributed by atoms with Crippen molar-refractivity contribution in [1.82, 2.24) is 10.6 Å². The summed E-state index contributed by atoms with van der Waals surface area (Å²) in [6, 6.07) is 9.57. The maximum Gasteiger partial charge on any atom is 0.252 e. The van der Waals surface area contributed by atoms with Gasteiger partial charge in [0, 0.05) is 34.0 Å². The molecule has 2 aliphatic heterocycles. The summed E-state index contributed by atoms with van der Waals surface area (Å²) < 4.78 is 0. The lowest BCUT2D eigenvalue weighted by Crippen LogP contribution is -2.26. The molecule has 0 fully saturated rings. The van der Waals surface area contributed by atoms with Crippen molar-refractivity contribution in [2.75, 3.05) is 26.3 Å². The average molecular weight is 471 g/mol. The minimum absolute atomic E-state index is 0.0832. The molecule has 4 rings (SSSR count). The number of nitrogens with one attached hydrogen (secondary N) is 2. The summed E-state index contributed by atoms with van der Waals surface area (Å²) in [5.74, 6) is -1.54. The van der Waals surface area contributed by atoms with E-state index in [9.17, 15) is 19.2 Å². The Morgan fingerprint density at radius 1 is 0.719 bits per heavy atom. The molecule has 0 aromatic heterocycles. The molecule has 2 aromatic carbocycles. The Bertz CT molecular complexity index is 1100. The summed E-state index contributed by atoms with van der Waals surface area (Å²) in [5, 5.41) is 23.0. The normalized spacial score (nSPS) is 16.7. The Hall–Kier alpha value is -2.92. The molecule has 32 heavy (non-hydrogen) atoms. The molecule has 0 saturated carbocycles. The zero-order valence-corrected chi connectivity index (χ0v) is 18.3. The number of ketones is 2. The minimum atomic E-state index is -0.418. The van der Waals surface area contributed by atoms with Crippen molar-refractivity contribution < 1.29 is 29.4 Å². The van der Waals surface area contributed by atoms with E-state index < -0.39 is 11.8 Å². The van der Waals surface area contributed by atoms with Gasteiger partial charge in [-0.05, 0) is 24.3 Å². The lowest BCUT2D eigenvalue weighted by atomic mass is 10.0. The first-order valence-corrected chi connectivity index (χ1v) is 11.3. The number of carbonyl (C=O) groups is 4. The van der Waals surface area contributed by atoms with Gasteiger partial charge < -0.3 is 20.8 Å². The van der Waals surface area contributed by atoms with Gasteiger partial charge in [0.05, 0.1) is 34.2 Å². The monoisotopic (exact) mass is 470 g/mol. The number of allylic oxidation sites excluding steroid dienone is 2. The van der Waals surface area contributed by atoms with Crippen LogP contribution in [0.3, 0.4) is 0 Å². The van der Waals surface area contributed by atoms with Gasteiger partial charge in [-0.25, -0.2) is 0 Å². The smallest absolute Gasteiger partial charge is 0.252 e. The highest BCUT2D eigenvalue weighted by Crippen LogP contribution is 2.51. The van der Waals surface area contributed by atoms with Crippen molar-refractivity contribution in [2.45, 2.75) is 9.79 Å². The van der Waals surface area contributed by atoms with Gasteiger partial charge in [0.25, 0.3) is 11.8 Å². The number of benzene rings is 2. The number of Topliss-reactive ketones (excluding diaryl/α,β-unsaturated/α-hetero) is 2. The summed E-state index contributed by atoms with van der Waals surface area (Å²) >= 11 is 2.13. The fraction of sp³-hybridized carbons (Fsp3) is 0.182. The number of fused-ring (bicyclic) bond motifs is 2. The highest BCUT2D eigenvalue weighted by molar-refractivity contribution is 8.08. The van der Waals surface area contributed by atoms with Crippen molar-refractivity contribution >= 4 is 46.9 Å². The third-order valence-electron chi connectivity index (χ3n) is 4.83. The summed E-state index contributed by atoms with van der Waals surface area (Å²) in [6.07, 6.45) is 0. The van der Waals surface area contributed by atoms with Crippen LogP contribution in [0.25, 0.3) is 0 Å². The number of hydrogen-bond acceptors (Lipinski definition) is 8. The number of amides is 2. The minimum Gasteiger partial charge on any atom is -0.395 e. The van der Waals surface area contributed by atoms with Crippen molar-refractivity contribution in [3.8, 4) is 0 Å². The number of carbonyl (C=O) groups excluding carboxylic acids is 4. The summed E-state index contributed by atoms with van der Waals surface area (Å²) in [4.78, 5) is 52.5. The molecule has 164 valence electrons. The van der Waals surface area contributed by atoms with E-state index in [2.05, 4.69) is 10.6 Å².